The lowest BCUT2D eigenvalue weighted by Crippen LogP contribution is -2.06. The highest BCUT2D eigenvalue weighted by molar-refractivity contribution is 5.62. The van der Waals surface area contributed by atoms with Crippen molar-refractivity contribution < 1.29 is 17.9 Å². The van der Waals surface area contributed by atoms with Crippen molar-refractivity contribution in [2.75, 3.05) is 0 Å². The van der Waals surface area contributed by atoms with E-state index in [-0.39, 0.29) is 5.75 Å². The Kier molecular flexibility index (Phi) is 4.13. The summed E-state index contributed by atoms with van der Waals surface area (Å²) < 4.78 is 43.6. The van der Waals surface area contributed by atoms with E-state index < -0.39 is 11.7 Å². The molecule has 0 aromatic heterocycles. The molecule has 0 saturated carbocycles. The van der Waals surface area contributed by atoms with Gasteiger partial charge in [0.25, 0.3) is 0 Å². The van der Waals surface area contributed by atoms with E-state index in [1.54, 1.807) is 6.92 Å². The second kappa shape index (κ2) is 5.82. The number of allylic oxidation sites excluding steroid dienone is 1. The quantitative estimate of drug-likeness (QED) is 0.706. The van der Waals surface area contributed by atoms with Crippen molar-refractivity contribution >= 4 is 5.57 Å². The molecule has 0 amide bonds. The SMILES string of the molecule is C/C(=C/Oc1ccccc1C(F)(F)F)c1ccccc1. The summed E-state index contributed by atoms with van der Waals surface area (Å²) in [4.78, 5) is 0. The maximum atomic E-state index is 12.8. The Bertz CT molecular complexity index is 601. The van der Waals surface area contributed by atoms with Crippen LogP contribution in [-0.4, -0.2) is 0 Å². The van der Waals surface area contributed by atoms with Gasteiger partial charge >= 0.3 is 6.18 Å². The summed E-state index contributed by atoms with van der Waals surface area (Å²) in [6.07, 6.45) is -3.09. The Labute approximate surface area is 115 Å². The summed E-state index contributed by atoms with van der Waals surface area (Å²) in [5.74, 6) is -0.199. The highest BCUT2D eigenvalue weighted by atomic mass is 19.4. The fourth-order valence-corrected chi connectivity index (χ4v) is 1.72. The van der Waals surface area contributed by atoms with E-state index in [0.717, 1.165) is 17.2 Å². The van der Waals surface area contributed by atoms with Crippen LogP contribution in [0.5, 0.6) is 5.75 Å². The molecule has 0 unspecified atom stereocenters. The minimum atomic E-state index is -4.43. The van der Waals surface area contributed by atoms with Gasteiger partial charge in [-0.15, -0.1) is 0 Å². The number of benzene rings is 2. The first-order chi connectivity index (χ1) is 9.48. The molecule has 0 aliphatic rings. The standard InChI is InChI=1S/C16H13F3O/c1-12(13-7-3-2-4-8-13)11-20-15-10-6-5-9-14(15)16(17,18)19/h2-11H,1H3/b12-11-. The van der Waals surface area contributed by atoms with Crippen LogP contribution in [0.25, 0.3) is 5.57 Å². The molecule has 20 heavy (non-hydrogen) atoms. The summed E-state index contributed by atoms with van der Waals surface area (Å²) in [6, 6.07) is 14.5. The van der Waals surface area contributed by atoms with Gasteiger partial charge in [-0.3, -0.25) is 0 Å². The van der Waals surface area contributed by atoms with Gasteiger partial charge in [-0.25, -0.2) is 0 Å². The zero-order valence-corrected chi connectivity index (χ0v) is 10.8. The van der Waals surface area contributed by atoms with E-state index >= 15 is 0 Å². The van der Waals surface area contributed by atoms with Crippen molar-refractivity contribution in [1.29, 1.82) is 0 Å². The molecule has 4 heteroatoms. The number of alkyl halides is 3. The van der Waals surface area contributed by atoms with Crippen molar-refractivity contribution in [2.45, 2.75) is 13.1 Å². The molecular formula is C16H13F3O. The molecule has 0 heterocycles. The largest absolute Gasteiger partial charge is 0.464 e. The Morgan fingerprint density at radius 1 is 0.950 bits per heavy atom. The number of para-hydroxylation sites is 1. The molecule has 2 aromatic carbocycles. The van der Waals surface area contributed by atoms with Crippen LogP contribution in [0.1, 0.15) is 18.1 Å². The van der Waals surface area contributed by atoms with Crippen LogP contribution in [0.2, 0.25) is 0 Å². The highest BCUT2D eigenvalue weighted by Crippen LogP contribution is 2.36. The average molecular weight is 278 g/mol. The van der Waals surface area contributed by atoms with Crippen molar-refractivity contribution in [1.82, 2.24) is 0 Å². The molecule has 0 aliphatic heterocycles. The molecule has 2 aromatic rings. The zero-order chi connectivity index (χ0) is 14.6. The van der Waals surface area contributed by atoms with Gasteiger partial charge in [0.1, 0.15) is 5.75 Å². The lowest BCUT2D eigenvalue weighted by atomic mass is 10.1. The smallest absolute Gasteiger partial charge is 0.419 e. The predicted molar refractivity (Wildman–Crippen MR) is 72.2 cm³/mol. The number of rotatable bonds is 3. The summed E-state index contributed by atoms with van der Waals surface area (Å²) in [5.41, 5.74) is 0.872. The Balaban J connectivity index is 2.24. The van der Waals surface area contributed by atoms with Gasteiger partial charge in [-0.05, 0) is 30.2 Å². The number of hydrogen-bond acceptors (Lipinski definition) is 1. The van der Waals surface area contributed by atoms with Crippen LogP contribution in [-0.2, 0) is 6.18 Å². The first kappa shape index (κ1) is 14.2. The third-order valence-electron chi connectivity index (χ3n) is 2.78. The molecule has 0 aliphatic carbocycles. The van der Waals surface area contributed by atoms with Crippen molar-refractivity contribution in [2.24, 2.45) is 0 Å². The van der Waals surface area contributed by atoms with Gasteiger partial charge in [0.2, 0.25) is 0 Å². The molecule has 104 valence electrons. The monoisotopic (exact) mass is 278 g/mol. The summed E-state index contributed by atoms with van der Waals surface area (Å²) >= 11 is 0. The normalized spacial score (nSPS) is 12.3. The van der Waals surface area contributed by atoms with Gasteiger partial charge in [0.05, 0.1) is 11.8 Å². The van der Waals surface area contributed by atoms with Gasteiger partial charge in [-0.2, -0.15) is 13.2 Å². The van der Waals surface area contributed by atoms with E-state index in [9.17, 15) is 13.2 Å². The molecule has 0 atom stereocenters. The molecule has 0 radical (unpaired) electrons. The van der Waals surface area contributed by atoms with E-state index in [1.165, 1.54) is 24.5 Å². The van der Waals surface area contributed by atoms with Crippen LogP contribution >= 0.6 is 0 Å². The molecule has 0 spiro atoms. The Morgan fingerprint density at radius 2 is 1.55 bits per heavy atom. The van der Waals surface area contributed by atoms with Crippen LogP contribution in [0.3, 0.4) is 0 Å². The fourth-order valence-electron chi connectivity index (χ4n) is 1.72. The van der Waals surface area contributed by atoms with Crippen LogP contribution < -0.4 is 4.74 Å². The van der Waals surface area contributed by atoms with Crippen LogP contribution in [0.4, 0.5) is 13.2 Å². The third kappa shape index (κ3) is 3.41. The van der Waals surface area contributed by atoms with Gasteiger partial charge in [0.15, 0.2) is 0 Å². The van der Waals surface area contributed by atoms with Gasteiger partial charge < -0.3 is 4.74 Å². The summed E-state index contributed by atoms with van der Waals surface area (Å²) in [7, 11) is 0. The van der Waals surface area contributed by atoms with Crippen molar-refractivity contribution in [3.63, 3.8) is 0 Å². The molecule has 0 fully saturated rings. The average Bonchev–Trinajstić information content (AvgIpc) is 2.45. The number of ether oxygens (including phenoxy) is 1. The maximum absolute atomic E-state index is 12.8. The third-order valence-corrected chi connectivity index (χ3v) is 2.78. The van der Waals surface area contributed by atoms with Crippen LogP contribution in [0.15, 0.2) is 60.9 Å². The van der Waals surface area contributed by atoms with E-state index in [0.29, 0.717) is 0 Å². The second-order valence-electron chi connectivity index (χ2n) is 4.28. The van der Waals surface area contributed by atoms with E-state index in [4.69, 9.17) is 4.74 Å². The fraction of sp³-hybridized carbons (Fsp3) is 0.125. The molecule has 2 rings (SSSR count). The van der Waals surface area contributed by atoms with Crippen LogP contribution in [0, 0.1) is 0 Å². The van der Waals surface area contributed by atoms with Gasteiger partial charge in [-0.1, -0.05) is 42.5 Å². The minimum Gasteiger partial charge on any atom is -0.464 e. The summed E-state index contributed by atoms with van der Waals surface area (Å²) in [5, 5.41) is 0. The summed E-state index contributed by atoms with van der Waals surface area (Å²) in [6.45, 7) is 1.78. The minimum absolute atomic E-state index is 0.199. The zero-order valence-electron chi connectivity index (χ0n) is 10.8. The van der Waals surface area contributed by atoms with E-state index in [1.807, 2.05) is 30.3 Å². The molecule has 1 nitrogen and oxygen atoms in total. The lowest BCUT2D eigenvalue weighted by Gasteiger charge is -2.11. The Morgan fingerprint density at radius 3 is 2.20 bits per heavy atom. The molecule has 0 bridgehead atoms. The predicted octanol–water partition coefficient (Wildman–Crippen LogP) is 5.15. The Hall–Kier alpha value is -2.23. The van der Waals surface area contributed by atoms with Crippen molar-refractivity contribution in [3.05, 3.63) is 72.0 Å². The topological polar surface area (TPSA) is 9.23 Å². The number of hydrogen-bond donors (Lipinski definition) is 0. The molecule has 0 N–H and O–H groups in total. The number of halogens is 3. The maximum Gasteiger partial charge on any atom is 0.419 e. The first-order valence-corrected chi connectivity index (χ1v) is 6.03. The second-order valence-corrected chi connectivity index (χ2v) is 4.28. The van der Waals surface area contributed by atoms with Crippen molar-refractivity contribution in [3.8, 4) is 5.75 Å². The van der Waals surface area contributed by atoms with E-state index in [2.05, 4.69) is 0 Å². The molecular weight excluding hydrogens is 265 g/mol. The first-order valence-electron chi connectivity index (χ1n) is 6.03. The lowest BCUT2D eigenvalue weighted by molar-refractivity contribution is -0.138. The van der Waals surface area contributed by atoms with Gasteiger partial charge in [0, 0.05) is 0 Å². The molecule has 0 saturated heterocycles. The highest BCUT2D eigenvalue weighted by Gasteiger charge is 2.33.